The molecule has 0 spiro atoms. The van der Waals surface area contributed by atoms with E-state index in [2.05, 4.69) is 5.32 Å². The molecular weight excluding hydrogens is 328 g/mol. The summed E-state index contributed by atoms with van der Waals surface area (Å²) in [4.78, 5) is 12.4. The first kappa shape index (κ1) is 20.2. The van der Waals surface area contributed by atoms with Crippen LogP contribution in [0.1, 0.15) is 69.8 Å². The first-order chi connectivity index (χ1) is 12.5. The van der Waals surface area contributed by atoms with Crippen LogP contribution in [-0.4, -0.2) is 19.0 Å². The molecule has 1 fully saturated rings. The lowest BCUT2D eigenvalue weighted by Gasteiger charge is -2.25. The van der Waals surface area contributed by atoms with Crippen molar-refractivity contribution in [2.45, 2.75) is 66.0 Å². The second-order valence-corrected chi connectivity index (χ2v) is 6.66. The van der Waals surface area contributed by atoms with Crippen molar-refractivity contribution < 1.29 is 9.15 Å². The summed E-state index contributed by atoms with van der Waals surface area (Å²) in [5.74, 6) is 0.846. The first-order valence-corrected chi connectivity index (χ1v) is 9.51. The van der Waals surface area contributed by atoms with Crippen molar-refractivity contribution in [2.24, 2.45) is 0 Å². The van der Waals surface area contributed by atoms with E-state index in [9.17, 15) is 4.79 Å². The van der Waals surface area contributed by atoms with Crippen LogP contribution in [0.25, 0.3) is 10.8 Å². The Hall–Kier alpha value is -2.14. The number of benzene rings is 1. The van der Waals surface area contributed by atoms with Gasteiger partial charge in [-0.2, -0.15) is 0 Å². The molecule has 0 amide bonds. The fourth-order valence-electron chi connectivity index (χ4n) is 3.28. The molecule has 2 heterocycles. The lowest BCUT2D eigenvalue weighted by molar-refractivity contribution is 0.0343. The Labute approximate surface area is 155 Å². The van der Waals surface area contributed by atoms with E-state index in [1.54, 1.807) is 6.07 Å². The van der Waals surface area contributed by atoms with Gasteiger partial charge in [-0.1, -0.05) is 27.7 Å². The van der Waals surface area contributed by atoms with E-state index in [4.69, 9.17) is 14.6 Å². The minimum Gasteiger partial charge on any atom is -0.427 e. The van der Waals surface area contributed by atoms with Crippen molar-refractivity contribution in [2.75, 3.05) is 11.9 Å². The van der Waals surface area contributed by atoms with Gasteiger partial charge in [-0.25, -0.2) is 4.79 Å². The van der Waals surface area contributed by atoms with Crippen LogP contribution in [0, 0.1) is 12.3 Å². The Morgan fingerprint density at radius 1 is 1.23 bits per heavy atom. The third kappa shape index (κ3) is 4.15. The molecule has 0 bridgehead atoms. The van der Waals surface area contributed by atoms with Crippen LogP contribution in [-0.2, 0) is 4.74 Å². The maximum absolute atomic E-state index is 12.4. The highest BCUT2D eigenvalue weighted by Crippen LogP contribution is 2.29. The zero-order valence-electron chi connectivity index (χ0n) is 16.4. The van der Waals surface area contributed by atoms with Crippen LogP contribution in [0.3, 0.4) is 0 Å². The molecule has 1 atom stereocenters. The molecule has 1 aliphatic rings. The zero-order valence-corrected chi connectivity index (χ0v) is 16.4. The van der Waals surface area contributed by atoms with Gasteiger partial charge in [0.1, 0.15) is 12.0 Å². The predicted octanol–water partition coefficient (Wildman–Crippen LogP) is 5.19. The number of rotatable bonds is 4. The summed E-state index contributed by atoms with van der Waals surface area (Å²) in [6, 6.07) is 3.68. The first-order valence-electron chi connectivity index (χ1n) is 9.51. The number of anilines is 1. The van der Waals surface area contributed by atoms with Gasteiger partial charge in [-0.05, 0) is 49.3 Å². The van der Waals surface area contributed by atoms with E-state index in [0.717, 1.165) is 48.1 Å². The Bertz CT molecular complexity index is 818. The van der Waals surface area contributed by atoms with Crippen molar-refractivity contribution in [3.8, 4) is 0 Å². The minimum atomic E-state index is -0.330. The SMILES string of the molecule is CC.Cc1c(C(C)C)oc(=O)c2cc(NC3CCCCO3)c(C=N)cc12. The van der Waals surface area contributed by atoms with Crippen LogP contribution >= 0.6 is 0 Å². The van der Waals surface area contributed by atoms with Gasteiger partial charge in [0.15, 0.2) is 0 Å². The molecular formula is C21H30N2O3. The van der Waals surface area contributed by atoms with Gasteiger partial charge in [0.25, 0.3) is 0 Å². The Balaban J connectivity index is 0.00000117. The average Bonchev–Trinajstić information content (AvgIpc) is 2.66. The van der Waals surface area contributed by atoms with Gasteiger partial charge in [0.2, 0.25) is 0 Å². The normalized spacial score (nSPS) is 16.9. The maximum Gasteiger partial charge on any atom is 0.343 e. The summed E-state index contributed by atoms with van der Waals surface area (Å²) < 4.78 is 11.2. The third-order valence-corrected chi connectivity index (χ3v) is 4.56. The van der Waals surface area contributed by atoms with Gasteiger partial charge in [-0.3, -0.25) is 0 Å². The fraction of sp³-hybridized carbons (Fsp3) is 0.524. The second kappa shape index (κ2) is 8.99. The van der Waals surface area contributed by atoms with Gasteiger partial charge in [-0.15, -0.1) is 0 Å². The Morgan fingerprint density at radius 3 is 2.54 bits per heavy atom. The molecule has 26 heavy (non-hydrogen) atoms. The highest BCUT2D eigenvalue weighted by atomic mass is 16.5. The maximum atomic E-state index is 12.4. The molecule has 5 heteroatoms. The number of hydrogen-bond donors (Lipinski definition) is 2. The van der Waals surface area contributed by atoms with Crippen molar-refractivity contribution in [1.29, 1.82) is 5.41 Å². The molecule has 0 aliphatic carbocycles. The van der Waals surface area contributed by atoms with Gasteiger partial charge >= 0.3 is 5.63 Å². The molecule has 1 aromatic heterocycles. The number of hydrogen-bond acceptors (Lipinski definition) is 5. The van der Waals surface area contributed by atoms with E-state index in [1.165, 1.54) is 6.21 Å². The van der Waals surface area contributed by atoms with E-state index >= 15 is 0 Å². The molecule has 1 aromatic carbocycles. The molecule has 1 unspecified atom stereocenters. The summed E-state index contributed by atoms with van der Waals surface area (Å²) in [5, 5.41) is 12.4. The lowest BCUT2D eigenvalue weighted by Crippen LogP contribution is -2.27. The molecule has 142 valence electrons. The van der Waals surface area contributed by atoms with Gasteiger partial charge in [0, 0.05) is 30.0 Å². The van der Waals surface area contributed by atoms with Crippen molar-refractivity contribution in [1.82, 2.24) is 0 Å². The molecule has 5 nitrogen and oxygen atoms in total. The quantitative estimate of drug-likeness (QED) is 0.738. The van der Waals surface area contributed by atoms with Crippen molar-refractivity contribution in [3.05, 3.63) is 39.4 Å². The van der Waals surface area contributed by atoms with Gasteiger partial charge < -0.3 is 19.9 Å². The van der Waals surface area contributed by atoms with Gasteiger partial charge in [0.05, 0.1) is 5.39 Å². The topological polar surface area (TPSA) is 75.3 Å². The lowest BCUT2D eigenvalue weighted by atomic mass is 9.98. The molecule has 1 saturated heterocycles. The molecule has 2 N–H and O–H groups in total. The zero-order chi connectivity index (χ0) is 19.3. The molecule has 1 aliphatic heterocycles. The van der Waals surface area contributed by atoms with E-state index in [-0.39, 0.29) is 17.8 Å². The monoisotopic (exact) mass is 358 g/mol. The summed E-state index contributed by atoms with van der Waals surface area (Å²) in [7, 11) is 0. The highest BCUT2D eigenvalue weighted by Gasteiger charge is 2.18. The van der Waals surface area contributed by atoms with Crippen LogP contribution < -0.4 is 10.9 Å². The summed E-state index contributed by atoms with van der Waals surface area (Å²) in [5.41, 5.74) is 2.13. The Kier molecular flexibility index (Phi) is 6.98. The highest BCUT2D eigenvalue weighted by molar-refractivity contribution is 5.97. The smallest absolute Gasteiger partial charge is 0.343 e. The van der Waals surface area contributed by atoms with Crippen LogP contribution in [0.5, 0.6) is 0 Å². The standard InChI is InChI=1S/C19H24N2O3.C2H6/c1-11(2)18-12(3)14-8-13(10-20)16(9-15(14)19(22)24-18)21-17-6-4-5-7-23-17;1-2/h8-11,17,20-21H,4-7H2,1-3H3;1-2H3. The molecule has 3 rings (SSSR count). The molecule has 0 radical (unpaired) electrons. The fourth-order valence-corrected chi connectivity index (χ4v) is 3.28. The van der Waals surface area contributed by atoms with Crippen molar-refractivity contribution >= 4 is 22.7 Å². The summed E-state index contributed by atoms with van der Waals surface area (Å²) in [6.45, 7) is 10.7. The number of aryl methyl sites for hydroxylation is 1. The van der Waals surface area contributed by atoms with E-state index in [0.29, 0.717) is 11.1 Å². The largest absolute Gasteiger partial charge is 0.427 e. The van der Waals surface area contributed by atoms with E-state index < -0.39 is 0 Å². The Morgan fingerprint density at radius 2 is 1.96 bits per heavy atom. The molecule has 0 saturated carbocycles. The number of fused-ring (bicyclic) bond motifs is 1. The molecule has 2 aromatic rings. The van der Waals surface area contributed by atoms with Crippen LogP contribution in [0.4, 0.5) is 5.69 Å². The average molecular weight is 358 g/mol. The second-order valence-electron chi connectivity index (χ2n) is 6.66. The van der Waals surface area contributed by atoms with E-state index in [1.807, 2.05) is 40.7 Å². The third-order valence-electron chi connectivity index (χ3n) is 4.56. The number of nitrogens with one attached hydrogen (secondary N) is 2. The van der Waals surface area contributed by atoms with Crippen LogP contribution in [0.2, 0.25) is 0 Å². The summed E-state index contributed by atoms with van der Waals surface area (Å²) >= 11 is 0. The summed E-state index contributed by atoms with van der Waals surface area (Å²) in [6.07, 6.45) is 4.36. The predicted molar refractivity (Wildman–Crippen MR) is 108 cm³/mol. The van der Waals surface area contributed by atoms with Crippen LogP contribution in [0.15, 0.2) is 21.3 Å². The minimum absolute atomic E-state index is 0.0713. The number of ether oxygens (including phenoxy) is 1. The van der Waals surface area contributed by atoms with Crippen molar-refractivity contribution in [3.63, 3.8) is 0 Å².